The fourth-order valence-electron chi connectivity index (χ4n) is 3.19. The Morgan fingerprint density at radius 2 is 1.93 bits per heavy atom. The van der Waals surface area contributed by atoms with Crippen molar-refractivity contribution in [2.45, 2.75) is 33.3 Å². The van der Waals surface area contributed by atoms with E-state index in [0.29, 0.717) is 28.7 Å². The van der Waals surface area contributed by atoms with Crippen LogP contribution < -0.4 is 19.5 Å². The first-order valence-electron chi connectivity index (χ1n) is 9.66. The van der Waals surface area contributed by atoms with E-state index in [1.54, 1.807) is 42.5 Å². The van der Waals surface area contributed by atoms with Gasteiger partial charge in [0, 0.05) is 11.8 Å². The number of anilines is 1. The molecule has 1 aromatic heterocycles. The van der Waals surface area contributed by atoms with Crippen molar-refractivity contribution < 1.29 is 28.5 Å². The highest BCUT2D eigenvalue weighted by Gasteiger charge is 2.17. The second-order valence-electron chi connectivity index (χ2n) is 7.40. The van der Waals surface area contributed by atoms with Crippen molar-refractivity contribution in [1.29, 1.82) is 0 Å². The van der Waals surface area contributed by atoms with Gasteiger partial charge in [-0.05, 0) is 60.4 Å². The number of nitrogens with one attached hydrogen (secondary N) is 1. The van der Waals surface area contributed by atoms with Crippen LogP contribution in [0.5, 0.6) is 23.0 Å². The highest BCUT2D eigenvalue weighted by atomic mass is 16.7. The summed E-state index contributed by atoms with van der Waals surface area (Å²) in [6.45, 7) is 6.16. The van der Waals surface area contributed by atoms with Crippen LogP contribution in [-0.4, -0.2) is 17.8 Å². The van der Waals surface area contributed by atoms with E-state index in [-0.39, 0.29) is 36.7 Å². The molecule has 0 aliphatic carbocycles. The Labute approximate surface area is 174 Å². The average Bonchev–Trinajstić information content (AvgIpc) is 3.37. The van der Waals surface area contributed by atoms with Crippen LogP contribution in [0.3, 0.4) is 0 Å². The normalized spacial score (nSPS) is 12.3. The molecule has 30 heavy (non-hydrogen) atoms. The molecular weight excluding hydrogens is 386 g/mol. The maximum atomic E-state index is 12.6. The highest BCUT2D eigenvalue weighted by Crippen LogP contribution is 2.35. The molecule has 2 heterocycles. The summed E-state index contributed by atoms with van der Waals surface area (Å²) < 4.78 is 21.9. The number of hydrogen-bond acceptors (Lipinski definition) is 6. The quantitative estimate of drug-likeness (QED) is 0.558. The SMILES string of the molecule is Cc1cc(O)c(C(C)C)cc1NC(=O)c1ccc(COc2ccc3c(c2)OCO3)o1. The lowest BCUT2D eigenvalue weighted by Crippen LogP contribution is -2.12. The third-order valence-corrected chi connectivity index (χ3v) is 4.85. The number of ether oxygens (including phenoxy) is 3. The minimum absolute atomic E-state index is 0.129. The number of furan rings is 1. The predicted octanol–water partition coefficient (Wildman–Crippen LogP) is 4.98. The molecule has 0 bridgehead atoms. The van der Waals surface area contributed by atoms with E-state index in [1.165, 1.54) is 0 Å². The van der Waals surface area contributed by atoms with Crippen molar-refractivity contribution in [1.82, 2.24) is 0 Å². The molecule has 2 N–H and O–H groups in total. The molecule has 0 fully saturated rings. The first-order chi connectivity index (χ1) is 14.4. The van der Waals surface area contributed by atoms with Gasteiger partial charge in [-0.2, -0.15) is 0 Å². The summed E-state index contributed by atoms with van der Waals surface area (Å²) in [5.74, 6) is 2.61. The van der Waals surface area contributed by atoms with Crippen LogP contribution in [0.25, 0.3) is 0 Å². The zero-order valence-electron chi connectivity index (χ0n) is 17.0. The Kier molecular flexibility index (Phi) is 5.27. The second kappa shape index (κ2) is 8.02. The van der Waals surface area contributed by atoms with E-state index in [2.05, 4.69) is 5.32 Å². The van der Waals surface area contributed by atoms with Gasteiger partial charge in [-0.15, -0.1) is 0 Å². The number of fused-ring (bicyclic) bond motifs is 1. The molecule has 1 aliphatic heterocycles. The maximum absolute atomic E-state index is 12.6. The Morgan fingerprint density at radius 3 is 2.73 bits per heavy atom. The standard InChI is InChI=1S/C23H23NO6/c1-13(2)17-10-18(14(3)8-19(17)25)24-23(26)21-7-5-16(30-21)11-27-15-4-6-20-22(9-15)29-12-28-20/h4-10,13,25H,11-12H2,1-3H3,(H,24,26). The van der Waals surface area contributed by atoms with Crippen molar-refractivity contribution >= 4 is 11.6 Å². The molecule has 0 spiro atoms. The fraction of sp³-hybridized carbons (Fsp3) is 0.261. The maximum Gasteiger partial charge on any atom is 0.291 e. The average molecular weight is 409 g/mol. The Bertz CT molecular complexity index is 1090. The molecule has 0 saturated heterocycles. The number of amides is 1. The molecule has 7 heteroatoms. The molecule has 7 nitrogen and oxygen atoms in total. The monoisotopic (exact) mass is 409 g/mol. The molecule has 1 amide bonds. The van der Waals surface area contributed by atoms with Crippen LogP contribution in [-0.2, 0) is 6.61 Å². The lowest BCUT2D eigenvalue weighted by atomic mass is 9.99. The molecule has 0 saturated carbocycles. The lowest BCUT2D eigenvalue weighted by molar-refractivity contribution is 0.0992. The Morgan fingerprint density at radius 1 is 1.13 bits per heavy atom. The smallest absolute Gasteiger partial charge is 0.291 e. The molecule has 0 radical (unpaired) electrons. The number of aryl methyl sites for hydroxylation is 1. The third kappa shape index (κ3) is 4.05. The van der Waals surface area contributed by atoms with Crippen LogP contribution in [0.4, 0.5) is 5.69 Å². The summed E-state index contributed by atoms with van der Waals surface area (Å²) in [6, 6.07) is 12.1. The van der Waals surface area contributed by atoms with E-state index in [4.69, 9.17) is 18.6 Å². The highest BCUT2D eigenvalue weighted by molar-refractivity contribution is 6.02. The number of phenols is 1. The largest absolute Gasteiger partial charge is 0.508 e. The number of carbonyl (C=O) groups excluding carboxylic acids is 1. The van der Waals surface area contributed by atoms with Crippen molar-refractivity contribution in [2.75, 3.05) is 12.1 Å². The van der Waals surface area contributed by atoms with Crippen molar-refractivity contribution in [2.24, 2.45) is 0 Å². The van der Waals surface area contributed by atoms with Crippen LogP contribution in [0, 0.1) is 6.92 Å². The van der Waals surface area contributed by atoms with E-state index >= 15 is 0 Å². The van der Waals surface area contributed by atoms with Gasteiger partial charge >= 0.3 is 0 Å². The summed E-state index contributed by atoms with van der Waals surface area (Å²) >= 11 is 0. The molecule has 156 valence electrons. The number of phenolic OH excluding ortho intramolecular Hbond substituents is 1. The molecule has 0 atom stereocenters. The molecular formula is C23H23NO6. The number of carbonyl (C=O) groups is 1. The van der Waals surface area contributed by atoms with Gasteiger partial charge in [0.15, 0.2) is 17.3 Å². The fourth-order valence-corrected chi connectivity index (χ4v) is 3.19. The van der Waals surface area contributed by atoms with E-state index in [1.807, 2.05) is 20.8 Å². The molecule has 1 aliphatic rings. The van der Waals surface area contributed by atoms with E-state index in [9.17, 15) is 9.90 Å². The van der Waals surface area contributed by atoms with Gasteiger partial charge in [-0.3, -0.25) is 4.79 Å². The number of benzene rings is 2. The number of rotatable bonds is 6. The van der Waals surface area contributed by atoms with Crippen LogP contribution in [0.15, 0.2) is 46.9 Å². The predicted molar refractivity (Wildman–Crippen MR) is 110 cm³/mol. The van der Waals surface area contributed by atoms with Gasteiger partial charge in [-0.1, -0.05) is 13.8 Å². The molecule has 4 rings (SSSR count). The van der Waals surface area contributed by atoms with E-state index < -0.39 is 0 Å². The zero-order valence-corrected chi connectivity index (χ0v) is 17.0. The van der Waals surface area contributed by atoms with E-state index in [0.717, 1.165) is 11.1 Å². The summed E-state index contributed by atoms with van der Waals surface area (Å²) in [6.07, 6.45) is 0. The van der Waals surface area contributed by atoms with Crippen LogP contribution >= 0.6 is 0 Å². The third-order valence-electron chi connectivity index (χ3n) is 4.85. The molecule has 0 unspecified atom stereocenters. The van der Waals surface area contributed by atoms with Crippen molar-refractivity contribution in [3.8, 4) is 23.0 Å². The topological polar surface area (TPSA) is 90.2 Å². The van der Waals surface area contributed by atoms with Gasteiger partial charge in [0.2, 0.25) is 6.79 Å². The first-order valence-corrected chi connectivity index (χ1v) is 9.66. The summed E-state index contributed by atoms with van der Waals surface area (Å²) in [4.78, 5) is 12.6. The van der Waals surface area contributed by atoms with Crippen molar-refractivity contribution in [3.63, 3.8) is 0 Å². The summed E-state index contributed by atoms with van der Waals surface area (Å²) in [5, 5.41) is 12.9. The minimum Gasteiger partial charge on any atom is -0.508 e. The van der Waals surface area contributed by atoms with Gasteiger partial charge in [0.1, 0.15) is 23.9 Å². The molecule has 2 aromatic carbocycles. The Balaban J connectivity index is 1.41. The van der Waals surface area contributed by atoms with Gasteiger partial charge < -0.3 is 29.1 Å². The van der Waals surface area contributed by atoms with Gasteiger partial charge in [-0.25, -0.2) is 0 Å². The molecule has 3 aromatic rings. The minimum atomic E-state index is -0.368. The lowest BCUT2D eigenvalue weighted by Gasteiger charge is -2.14. The second-order valence-corrected chi connectivity index (χ2v) is 7.40. The van der Waals surface area contributed by atoms with Gasteiger partial charge in [0.05, 0.1) is 0 Å². The van der Waals surface area contributed by atoms with Crippen LogP contribution in [0.2, 0.25) is 0 Å². The van der Waals surface area contributed by atoms with Crippen molar-refractivity contribution in [3.05, 3.63) is 65.1 Å². The zero-order chi connectivity index (χ0) is 21.3. The Hall–Kier alpha value is -3.61. The number of hydrogen-bond donors (Lipinski definition) is 2. The first kappa shape index (κ1) is 19.7. The van der Waals surface area contributed by atoms with Gasteiger partial charge in [0.25, 0.3) is 5.91 Å². The number of aromatic hydroxyl groups is 1. The summed E-state index contributed by atoms with van der Waals surface area (Å²) in [7, 11) is 0. The van der Waals surface area contributed by atoms with Crippen LogP contribution in [0.1, 0.15) is 47.2 Å². The summed E-state index contributed by atoms with van der Waals surface area (Å²) in [5.41, 5.74) is 2.17.